The van der Waals surface area contributed by atoms with Gasteiger partial charge in [0, 0.05) is 19.6 Å². The lowest BCUT2D eigenvalue weighted by Gasteiger charge is -2.25. The van der Waals surface area contributed by atoms with Crippen molar-refractivity contribution in [2.45, 2.75) is 46.1 Å². The first-order valence-corrected chi connectivity index (χ1v) is 8.25. The topological polar surface area (TPSA) is 41.6 Å². The van der Waals surface area contributed by atoms with Gasteiger partial charge in [0.25, 0.3) is 5.91 Å². The molecule has 1 aliphatic heterocycles. The summed E-state index contributed by atoms with van der Waals surface area (Å²) < 4.78 is 5.98. The third-order valence-electron chi connectivity index (χ3n) is 4.18. The number of nitrogens with one attached hydrogen (secondary N) is 1. The summed E-state index contributed by atoms with van der Waals surface area (Å²) in [6.45, 7) is 11.6. The summed E-state index contributed by atoms with van der Waals surface area (Å²) in [4.78, 5) is 14.5. The van der Waals surface area contributed by atoms with Gasteiger partial charge in [0.1, 0.15) is 5.75 Å². The van der Waals surface area contributed by atoms with Crippen molar-refractivity contribution >= 4 is 5.91 Å². The Labute approximate surface area is 133 Å². The highest BCUT2D eigenvalue weighted by Gasteiger charge is 2.23. The van der Waals surface area contributed by atoms with Crippen molar-refractivity contribution in [1.82, 2.24) is 10.2 Å². The van der Waals surface area contributed by atoms with Gasteiger partial charge < -0.3 is 15.0 Å². The van der Waals surface area contributed by atoms with Crippen LogP contribution in [0.2, 0.25) is 0 Å². The first-order chi connectivity index (χ1) is 10.5. The van der Waals surface area contributed by atoms with Crippen LogP contribution in [0.15, 0.2) is 18.2 Å². The molecule has 122 valence electrons. The summed E-state index contributed by atoms with van der Waals surface area (Å²) in [5.74, 6) is 1.35. The van der Waals surface area contributed by atoms with E-state index >= 15 is 0 Å². The first-order valence-electron chi connectivity index (χ1n) is 8.25. The van der Waals surface area contributed by atoms with Gasteiger partial charge in [-0.2, -0.15) is 0 Å². The average Bonchev–Trinajstić information content (AvgIpc) is 2.77. The summed E-state index contributed by atoms with van der Waals surface area (Å²) in [5, 5.41) is 3.32. The maximum Gasteiger partial charge on any atom is 0.263 e. The van der Waals surface area contributed by atoms with Gasteiger partial charge in [-0.05, 0) is 49.9 Å². The van der Waals surface area contributed by atoms with Crippen LogP contribution in [-0.4, -0.2) is 43.1 Å². The van der Waals surface area contributed by atoms with Crippen LogP contribution in [0.5, 0.6) is 5.75 Å². The molecule has 1 N–H and O–H groups in total. The molecule has 1 fully saturated rings. The molecule has 1 aromatic rings. The third kappa shape index (κ3) is 4.23. The highest BCUT2D eigenvalue weighted by Crippen LogP contribution is 2.25. The second kappa shape index (κ2) is 7.63. The molecule has 1 aromatic carbocycles. The van der Waals surface area contributed by atoms with E-state index in [-0.39, 0.29) is 5.91 Å². The van der Waals surface area contributed by atoms with E-state index in [2.05, 4.69) is 37.4 Å². The van der Waals surface area contributed by atoms with E-state index < -0.39 is 6.10 Å². The second-order valence-corrected chi connectivity index (χ2v) is 6.37. The number of ether oxygens (including phenoxy) is 1. The largest absolute Gasteiger partial charge is 0.481 e. The minimum absolute atomic E-state index is 0.0815. The number of benzene rings is 1. The van der Waals surface area contributed by atoms with Crippen LogP contribution in [0.4, 0.5) is 0 Å². The highest BCUT2D eigenvalue weighted by atomic mass is 16.5. The fourth-order valence-electron chi connectivity index (χ4n) is 2.67. The van der Waals surface area contributed by atoms with Crippen LogP contribution < -0.4 is 10.1 Å². The number of rotatable bonds is 4. The van der Waals surface area contributed by atoms with Gasteiger partial charge in [0.15, 0.2) is 6.10 Å². The van der Waals surface area contributed by atoms with Crippen molar-refractivity contribution < 1.29 is 9.53 Å². The zero-order valence-corrected chi connectivity index (χ0v) is 14.2. The van der Waals surface area contributed by atoms with E-state index in [9.17, 15) is 4.79 Å². The number of nitrogens with zero attached hydrogens (tertiary/aromatic N) is 1. The highest BCUT2D eigenvalue weighted by molar-refractivity contribution is 5.81. The number of amides is 1. The number of hydrogen-bond acceptors (Lipinski definition) is 3. The van der Waals surface area contributed by atoms with Crippen molar-refractivity contribution in [3.05, 3.63) is 29.3 Å². The maximum atomic E-state index is 12.6. The SMILES string of the molecule is Cc1ccc(C(C)C)cc1OC(C)C(=O)N1CCCNCC1. The van der Waals surface area contributed by atoms with Crippen LogP contribution in [0.1, 0.15) is 44.2 Å². The van der Waals surface area contributed by atoms with E-state index in [4.69, 9.17) is 4.74 Å². The van der Waals surface area contributed by atoms with Crippen molar-refractivity contribution in [2.24, 2.45) is 0 Å². The lowest BCUT2D eigenvalue weighted by atomic mass is 10.0. The summed E-state index contributed by atoms with van der Waals surface area (Å²) in [6.07, 6.45) is 0.555. The van der Waals surface area contributed by atoms with Gasteiger partial charge in [0.2, 0.25) is 0 Å². The molecule has 1 heterocycles. The van der Waals surface area contributed by atoms with E-state index in [1.54, 1.807) is 0 Å². The molecule has 22 heavy (non-hydrogen) atoms. The third-order valence-corrected chi connectivity index (χ3v) is 4.18. The molecule has 0 radical (unpaired) electrons. The van der Waals surface area contributed by atoms with E-state index in [0.717, 1.165) is 43.9 Å². The van der Waals surface area contributed by atoms with Crippen LogP contribution in [0, 0.1) is 6.92 Å². The molecule has 0 aromatic heterocycles. The van der Waals surface area contributed by atoms with Gasteiger partial charge in [-0.25, -0.2) is 0 Å². The second-order valence-electron chi connectivity index (χ2n) is 6.37. The van der Waals surface area contributed by atoms with Gasteiger partial charge in [-0.1, -0.05) is 26.0 Å². The fraction of sp³-hybridized carbons (Fsp3) is 0.611. The number of carbonyl (C=O) groups excluding carboxylic acids is 1. The monoisotopic (exact) mass is 304 g/mol. The van der Waals surface area contributed by atoms with Gasteiger partial charge in [0.05, 0.1) is 0 Å². The fourth-order valence-corrected chi connectivity index (χ4v) is 2.67. The molecule has 4 heteroatoms. The Morgan fingerprint density at radius 1 is 1.23 bits per heavy atom. The Balaban J connectivity index is 2.05. The minimum Gasteiger partial charge on any atom is -0.481 e. The Hall–Kier alpha value is -1.55. The Bertz CT molecular complexity index is 506. The minimum atomic E-state index is -0.445. The molecule has 0 bridgehead atoms. The van der Waals surface area contributed by atoms with E-state index in [1.165, 1.54) is 5.56 Å². The molecule has 1 saturated heterocycles. The predicted octanol–water partition coefficient (Wildman–Crippen LogP) is 2.71. The molecule has 2 rings (SSSR count). The quantitative estimate of drug-likeness (QED) is 0.930. The standard InChI is InChI=1S/C18H28N2O2/c1-13(2)16-7-6-14(3)17(12-16)22-15(4)18(21)20-10-5-8-19-9-11-20/h6-7,12-13,15,19H,5,8-11H2,1-4H3. The van der Waals surface area contributed by atoms with Crippen molar-refractivity contribution in [2.75, 3.05) is 26.2 Å². The Morgan fingerprint density at radius 2 is 2.00 bits per heavy atom. The number of hydrogen-bond donors (Lipinski definition) is 1. The summed E-state index contributed by atoms with van der Waals surface area (Å²) in [7, 11) is 0. The molecule has 1 atom stereocenters. The average molecular weight is 304 g/mol. The summed E-state index contributed by atoms with van der Waals surface area (Å²) in [6, 6.07) is 6.26. The van der Waals surface area contributed by atoms with E-state index in [1.807, 2.05) is 18.7 Å². The van der Waals surface area contributed by atoms with Crippen LogP contribution in [-0.2, 0) is 4.79 Å². The predicted molar refractivity (Wildman–Crippen MR) is 89.4 cm³/mol. The van der Waals surface area contributed by atoms with Gasteiger partial charge in [-0.3, -0.25) is 4.79 Å². The van der Waals surface area contributed by atoms with Crippen molar-refractivity contribution in [3.63, 3.8) is 0 Å². The molecule has 0 aliphatic carbocycles. The Kier molecular flexibility index (Phi) is 5.83. The molecular weight excluding hydrogens is 276 g/mol. The number of aryl methyl sites for hydroxylation is 1. The molecular formula is C18H28N2O2. The molecule has 4 nitrogen and oxygen atoms in total. The molecule has 0 saturated carbocycles. The maximum absolute atomic E-state index is 12.6. The lowest BCUT2D eigenvalue weighted by Crippen LogP contribution is -2.42. The van der Waals surface area contributed by atoms with Crippen LogP contribution in [0.3, 0.4) is 0 Å². The zero-order valence-electron chi connectivity index (χ0n) is 14.2. The molecule has 1 unspecified atom stereocenters. The Morgan fingerprint density at radius 3 is 2.73 bits per heavy atom. The smallest absolute Gasteiger partial charge is 0.263 e. The van der Waals surface area contributed by atoms with Gasteiger partial charge >= 0.3 is 0 Å². The molecule has 1 aliphatic rings. The van der Waals surface area contributed by atoms with E-state index in [0.29, 0.717) is 5.92 Å². The number of carbonyl (C=O) groups is 1. The van der Waals surface area contributed by atoms with Crippen LogP contribution >= 0.6 is 0 Å². The lowest BCUT2D eigenvalue weighted by molar-refractivity contribution is -0.137. The zero-order chi connectivity index (χ0) is 16.1. The normalized spacial score (nSPS) is 17.2. The summed E-state index contributed by atoms with van der Waals surface area (Å²) in [5.41, 5.74) is 2.31. The molecule has 1 amide bonds. The van der Waals surface area contributed by atoms with Crippen LogP contribution in [0.25, 0.3) is 0 Å². The molecule has 0 spiro atoms. The van der Waals surface area contributed by atoms with Crippen molar-refractivity contribution in [1.29, 1.82) is 0 Å². The first kappa shape index (κ1) is 16.8. The van der Waals surface area contributed by atoms with Crippen molar-refractivity contribution in [3.8, 4) is 5.75 Å². The van der Waals surface area contributed by atoms with Gasteiger partial charge in [-0.15, -0.1) is 0 Å². The summed E-state index contributed by atoms with van der Waals surface area (Å²) >= 11 is 0.